The Labute approximate surface area is 121 Å². The first kappa shape index (κ1) is 16.3. The Balaban J connectivity index is 2.83. The fourth-order valence-electron chi connectivity index (χ4n) is 2.46. The molecule has 0 saturated heterocycles. The summed E-state index contributed by atoms with van der Waals surface area (Å²) in [5.74, 6) is 1.34. The van der Waals surface area contributed by atoms with Crippen LogP contribution in [0.3, 0.4) is 0 Å². The van der Waals surface area contributed by atoms with Gasteiger partial charge in [0, 0.05) is 0 Å². The zero-order valence-electron chi connectivity index (χ0n) is 12.8. The van der Waals surface area contributed by atoms with Gasteiger partial charge in [0.1, 0.15) is 16.9 Å². The summed E-state index contributed by atoms with van der Waals surface area (Å²) < 4.78 is 5.51. The lowest BCUT2D eigenvalue weighted by Gasteiger charge is -2.26. The largest absolute Gasteiger partial charge is 0.464 e. The maximum atomic E-state index is 12.5. The average Bonchev–Trinajstić information content (AvgIpc) is 2.85. The van der Waals surface area contributed by atoms with E-state index in [-0.39, 0.29) is 11.9 Å². The third kappa shape index (κ3) is 3.63. The standard InChI is InChI=1S/C16H24N2O2/c1-5-9-16(11-17,10-6-2)15(19)18-13(4)14-8-7-12(3)20-14/h7-8,13H,5-6,9-10H2,1-4H3,(H,18,19). The first-order valence-corrected chi connectivity index (χ1v) is 7.27. The van der Waals surface area contributed by atoms with Crippen LogP contribution in [0.1, 0.15) is 64.0 Å². The smallest absolute Gasteiger partial charge is 0.241 e. The molecule has 4 heteroatoms. The van der Waals surface area contributed by atoms with Gasteiger partial charge in [0.2, 0.25) is 5.91 Å². The molecule has 1 atom stereocenters. The van der Waals surface area contributed by atoms with E-state index in [0.29, 0.717) is 12.8 Å². The minimum Gasteiger partial charge on any atom is -0.464 e. The molecule has 0 fully saturated rings. The Morgan fingerprint density at radius 3 is 2.40 bits per heavy atom. The number of nitriles is 1. The van der Waals surface area contributed by atoms with Crippen LogP contribution in [0.15, 0.2) is 16.5 Å². The van der Waals surface area contributed by atoms with Crippen molar-refractivity contribution in [3.8, 4) is 6.07 Å². The molecule has 0 aliphatic heterocycles. The van der Waals surface area contributed by atoms with E-state index < -0.39 is 5.41 Å². The minimum atomic E-state index is -0.917. The molecule has 1 aromatic heterocycles. The number of rotatable bonds is 7. The Kier molecular flexibility index (Phi) is 5.82. The van der Waals surface area contributed by atoms with E-state index >= 15 is 0 Å². The lowest BCUT2D eigenvalue weighted by Crippen LogP contribution is -2.41. The second-order valence-corrected chi connectivity index (χ2v) is 5.34. The molecule has 1 rings (SSSR count). The number of nitrogens with zero attached hydrogens (tertiary/aromatic N) is 1. The summed E-state index contributed by atoms with van der Waals surface area (Å²) >= 11 is 0. The number of aryl methyl sites for hydroxylation is 1. The van der Waals surface area contributed by atoms with E-state index in [0.717, 1.165) is 24.4 Å². The zero-order chi connectivity index (χ0) is 15.2. The molecule has 1 amide bonds. The molecule has 0 saturated carbocycles. The van der Waals surface area contributed by atoms with Crippen molar-refractivity contribution in [1.82, 2.24) is 5.32 Å². The van der Waals surface area contributed by atoms with Crippen LogP contribution in [-0.2, 0) is 4.79 Å². The second kappa shape index (κ2) is 7.14. The van der Waals surface area contributed by atoms with Crippen molar-refractivity contribution in [3.05, 3.63) is 23.7 Å². The highest BCUT2D eigenvalue weighted by atomic mass is 16.3. The van der Waals surface area contributed by atoms with Gasteiger partial charge in [-0.25, -0.2) is 0 Å². The molecule has 110 valence electrons. The van der Waals surface area contributed by atoms with E-state index in [1.807, 2.05) is 39.8 Å². The van der Waals surface area contributed by atoms with Gasteiger partial charge >= 0.3 is 0 Å². The normalized spacial score (nSPS) is 12.8. The van der Waals surface area contributed by atoms with E-state index in [1.54, 1.807) is 0 Å². The molecule has 0 radical (unpaired) electrons. The number of carbonyl (C=O) groups is 1. The molecule has 0 aromatic carbocycles. The van der Waals surface area contributed by atoms with Crippen molar-refractivity contribution in [2.45, 2.75) is 59.4 Å². The maximum absolute atomic E-state index is 12.5. The number of hydrogen-bond acceptors (Lipinski definition) is 3. The quantitative estimate of drug-likeness (QED) is 0.822. The fraction of sp³-hybridized carbons (Fsp3) is 0.625. The molecule has 1 N–H and O–H groups in total. The van der Waals surface area contributed by atoms with Crippen LogP contribution in [0.25, 0.3) is 0 Å². The highest BCUT2D eigenvalue weighted by molar-refractivity contribution is 5.85. The SMILES string of the molecule is CCCC(C#N)(CCC)C(=O)NC(C)c1ccc(C)o1. The van der Waals surface area contributed by atoms with Crippen LogP contribution in [0.2, 0.25) is 0 Å². The number of furan rings is 1. The molecule has 0 spiro atoms. The Bertz CT molecular complexity index is 479. The Hall–Kier alpha value is -1.76. The van der Waals surface area contributed by atoms with E-state index in [9.17, 15) is 10.1 Å². The lowest BCUT2D eigenvalue weighted by molar-refractivity contribution is -0.129. The van der Waals surface area contributed by atoms with Gasteiger partial charge in [-0.3, -0.25) is 4.79 Å². The van der Waals surface area contributed by atoms with Gasteiger partial charge in [-0.05, 0) is 38.8 Å². The fourth-order valence-corrected chi connectivity index (χ4v) is 2.46. The first-order valence-electron chi connectivity index (χ1n) is 7.27. The summed E-state index contributed by atoms with van der Waals surface area (Å²) in [6.45, 7) is 7.73. The summed E-state index contributed by atoms with van der Waals surface area (Å²) in [5.41, 5.74) is -0.917. The lowest BCUT2D eigenvalue weighted by atomic mass is 9.79. The highest BCUT2D eigenvalue weighted by Crippen LogP contribution is 2.30. The monoisotopic (exact) mass is 276 g/mol. The predicted molar refractivity (Wildman–Crippen MR) is 77.9 cm³/mol. The Morgan fingerprint density at radius 1 is 1.40 bits per heavy atom. The molecular formula is C16H24N2O2. The summed E-state index contributed by atoms with van der Waals surface area (Å²) in [4.78, 5) is 12.5. The number of carbonyl (C=O) groups excluding carboxylic acids is 1. The molecular weight excluding hydrogens is 252 g/mol. The van der Waals surface area contributed by atoms with Gasteiger partial charge in [0.05, 0.1) is 12.1 Å². The van der Waals surface area contributed by atoms with Crippen molar-refractivity contribution < 1.29 is 9.21 Å². The third-order valence-electron chi connectivity index (χ3n) is 3.54. The van der Waals surface area contributed by atoms with Crippen molar-refractivity contribution in [1.29, 1.82) is 5.26 Å². The molecule has 0 aliphatic rings. The van der Waals surface area contributed by atoms with Gasteiger partial charge in [-0.2, -0.15) is 5.26 Å². The van der Waals surface area contributed by atoms with E-state index in [4.69, 9.17) is 4.42 Å². The molecule has 0 bridgehead atoms. The number of amides is 1. The first-order chi connectivity index (χ1) is 9.49. The van der Waals surface area contributed by atoms with Gasteiger partial charge in [0.15, 0.2) is 0 Å². The third-order valence-corrected chi connectivity index (χ3v) is 3.54. The summed E-state index contributed by atoms with van der Waals surface area (Å²) in [5, 5.41) is 12.4. The zero-order valence-corrected chi connectivity index (χ0v) is 12.8. The van der Waals surface area contributed by atoms with Crippen molar-refractivity contribution >= 4 is 5.91 Å². The Morgan fingerprint density at radius 2 is 2.00 bits per heavy atom. The second-order valence-electron chi connectivity index (χ2n) is 5.34. The highest BCUT2D eigenvalue weighted by Gasteiger charge is 2.37. The van der Waals surface area contributed by atoms with Crippen LogP contribution in [-0.4, -0.2) is 5.91 Å². The van der Waals surface area contributed by atoms with Gasteiger partial charge in [-0.1, -0.05) is 26.7 Å². The number of hydrogen-bond donors (Lipinski definition) is 1. The predicted octanol–water partition coefficient (Wildman–Crippen LogP) is 3.88. The maximum Gasteiger partial charge on any atom is 0.241 e. The van der Waals surface area contributed by atoms with Crippen molar-refractivity contribution in [2.24, 2.45) is 5.41 Å². The molecule has 1 unspecified atom stereocenters. The summed E-state index contributed by atoms with van der Waals surface area (Å²) in [6.07, 6.45) is 2.81. The van der Waals surface area contributed by atoms with Gasteiger partial charge < -0.3 is 9.73 Å². The van der Waals surface area contributed by atoms with Crippen LogP contribution >= 0.6 is 0 Å². The van der Waals surface area contributed by atoms with Crippen molar-refractivity contribution in [2.75, 3.05) is 0 Å². The molecule has 4 nitrogen and oxygen atoms in total. The van der Waals surface area contributed by atoms with Crippen LogP contribution in [0.5, 0.6) is 0 Å². The topological polar surface area (TPSA) is 66.0 Å². The van der Waals surface area contributed by atoms with Gasteiger partial charge in [-0.15, -0.1) is 0 Å². The molecule has 20 heavy (non-hydrogen) atoms. The van der Waals surface area contributed by atoms with Crippen LogP contribution in [0, 0.1) is 23.7 Å². The molecule has 1 heterocycles. The van der Waals surface area contributed by atoms with E-state index in [2.05, 4.69) is 11.4 Å². The van der Waals surface area contributed by atoms with E-state index in [1.165, 1.54) is 0 Å². The summed E-state index contributed by atoms with van der Waals surface area (Å²) in [7, 11) is 0. The van der Waals surface area contributed by atoms with Crippen LogP contribution in [0.4, 0.5) is 0 Å². The van der Waals surface area contributed by atoms with Crippen LogP contribution < -0.4 is 5.32 Å². The number of nitrogens with one attached hydrogen (secondary N) is 1. The van der Waals surface area contributed by atoms with Crippen molar-refractivity contribution in [3.63, 3.8) is 0 Å². The minimum absolute atomic E-state index is 0.190. The summed E-state index contributed by atoms with van der Waals surface area (Å²) in [6, 6.07) is 5.74. The van der Waals surface area contributed by atoms with Gasteiger partial charge in [0.25, 0.3) is 0 Å². The molecule has 1 aromatic rings. The molecule has 0 aliphatic carbocycles. The average molecular weight is 276 g/mol.